The number of methoxy groups -OCH3 is 3. The summed E-state index contributed by atoms with van der Waals surface area (Å²) in [5, 5.41) is 2.90. The third kappa shape index (κ3) is 3.47. The number of para-hydroxylation sites is 1. The van der Waals surface area contributed by atoms with Gasteiger partial charge in [-0.2, -0.15) is 0 Å². The Bertz CT molecular complexity index is 724. The molecule has 1 heterocycles. The monoisotopic (exact) mass is 343 g/mol. The highest BCUT2D eigenvalue weighted by atomic mass is 16.5. The van der Waals surface area contributed by atoms with Gasteiger partial charge in [-0.05, 0) is 23.8 Å². The van der Waals surface area contributed by atoms with Gasteiger partial charge in [0.05, 0.1) is 27.9 Å². The van der Waals surface area contributed by atoms with E-state index < -0.39 is 0 Å². The molecule has 25 heavy (non-hydrogen) atoms. The summed E-state index contributed by atoms with van der Waals surface area (Å²) >= 11 is 0. The number of carbonyl (C=O) groups excluding carboxylic acids is 1. The molecular formula is C19H21NO5. The van der Waals surface area contributed by atoms with Crippen molar-refractivity contribution in [1.29, 1.82) is 0 Å². The Morgan fingerprint density at radius 1 is 1.12 bits per heavy atom. The molecule has 1 atom stereocenters. The van der Waals surface area contributed by atoms with E-state index in [4.69, 9.17) is 18.9 Å². The van der Waals surface area contributed by atoms with Gasteiger partial charge in [0.15, 0.2) is 11.5 Å². The molecule has 1 amide bonds. The van der Waals surface area contributed by atoms with E-state index in [9.17, 15) is 4.79 Å². The number of carbonyl (C=O) groups is 1. The maximum absolute atomic E-state index is 12.5. The van der Waals surface area contributed by atoms with Crippen LogP contribution in [0.25, 0.3) is 0 Å². The SMILES string of the molecule is COc1cc(C(=O)NC[C@@H]2Cc3ccccc3O2)cc(OC)c1OC. The Morgan fingerprint density at radius 3 is 2.40 bits per heavy atom. The van der Waals surface area contributed by atoms with E-state index in [-0.39, 0.29) is 12.0 Å². The van der Waals surface area contributed by atoms with Crippen molar-refractivity contribution in [3.63, 3.8) is 0 Å². The number of nitrogens with one attached hydrogen (secondary N) is 1. The normalized spacial score (nSPS) is 15.1. The smallest absolute Gasteiger partial charge is 0.251 e. The predicted molar refractivity (Wildman–Crippen MR) is 93.0 cm³/mol. The summed E-state index contributed by atoms with van der Waals surface area (Å²) in [6.45, 7) is 0.421. The molecular weight excluding hydrogens is 322 g/mol. The lowest BCUT2D eigenvalue weighted by Crippen LogP contribution is -2.34. The molecule has 2 aromatic rings. The van der Waals surface area contributed by atoms with Crippen molar-refractivity contribution in [2.75, 3.05) is 27.9 Å². The second-order valence-corrected chi connectivity index (χ2v) is 5.68. The zero-order valence-corrected chi connectivity index (χ0v) is 14.5. The van der Waals surface area contributed by atoms with Crippen LogP contribution in [-0.2, 0) is 6.42 Å². The fourth-order valence-corrected chi connectivity index (χ4v) is 2.89. The standard InChI is InChI=1S/C19H21NO5/c1-22-16-9-13(10-17(23-2)18(16)24-3)19(21)20-11-14-8-12-6-4-5-7-15(12)25-14/h4-7,9-10,14H,8,11H2,1-3H3,(H,20,21)/t14-/m0/s1. The molecule has 1 aliphatic rings. The molecule has 0 saturated heterocycles. The molecule has 132 valence electrons. The zero-order chi connectivity index (χ0) is 17.8. The first-order valence-corrected chi connectivity index (χ1v) is 7.99. The van der Waals surface area contributed by atoms with Gasteiger partial charge < -0.3 is 24.3 Å². The van der Waals surface area contributed by atoms with Crippen LogP contribution in [0.1, 0.15) is 15.9 Å². The van der Waals surface area contributed by atoms with Gasteiger partial charge in [0.25, 0.3) is 5.91 Å². The number of rotatable bonds is 6. The lowest BCUT2D eigenvalue weighted by Gasteiger charge is -2.15. The molecule has 0 spiro atoms. The summed E-state index contributed by atoms with van der Waals surface area (Å²) in [5.41, 5.74) is 1.60. The van der Waals surface area contributed by atoms with E-state index in [2.05, 4.69) is 5.32 Å². The Hall–Kier alpha value is -2.89. The van der Waals surface area contributed by atoms with Crippen molar-refractivity contribution in [3.8, 4) is 23.0 Å². The van der Waals surface area contributed by atoms with E-state index in [1.807, 2.05) is 24.3 Å². The molecule has 0 radical (unpaired) electrons. The predicted octanol–water partition coefficient (Wildman–Crippen LogP) is 2.45. The summed E-state index contributed by atoms with van der Waals surface area (Å²) in [6.07, 6.45) is 0.717. The highest BCUT2D eigenvalue weighted by Crippen LogP contribution is 2.38. The lowest BCUT2D eigenvalue weighted by atomic mass is 10.1. The number of amides is 1. The number of fused-ring (bicyclic) bond motifs is 1. The number of benzene rings is 2. The second-order valence-electron chi connectivity index (χ2n) is 5.68. The summed E-state index contributed by atoms with van der Waals surface area (Å²) < 4.78 is 21.7. The quantitative estimate of drug-likeness (QED) is 0.873. The third-order valence-corrected chi connectivity index (χ3v) is 4.13. The molecule has 0 unspecified atom stereocenters. The van der Waals surface area contributed by atoms with Crippen LogP contribution in [0.5, 0.6) is 23.0 Å². The average molecular weight is 343 g/mol. The topological polar surface area (TPSA) is 66.0 Å². The van der Waals surface area contributed by atoms with Gasteiger partial charge in [0, 0.05) is 12.0 Å². The number of ether oxygens (including phenoxy) is 4. The van der Waals surface area contributed by atoms with E-state index in [1.54, 1.807) is 12.1 Å². The van der Waals surface area contributed by atoms with Crippen molar-refractivity contribution in [2.24, 2.45) is 0 Å². The van der Waals surface area contributed by atoms with Crippen LogP contribution >= 0.6 is 0 Å². The summed E-state index contributed by atoms with van der Waals surface area (Å²) in [7, 11) is 4.56. The molecule has 0 saturated carbocycles. The van der Waals surface area contributed by atoms with Crippen LogP contribution in [0.15, 0.2) is 36.4 Å². The van der Waals surface area contributed by atoms with E-state index in [1.165, 1.54) is 21.3 Å². The molecule has 0 aromatic heterocycles. The van der Waals surface area contributed by atoms with Crippen molar-refractivity contribution in [2.45, 2.75) is 12.5 Å². The number of hydrogen-bond donors (Lipinski definition) is 1. The molecule has 0 bridgehead atoms. The van der Waals surface area contributed by atoms with Crippen LogP contribution in [-0.4, -0.2) is 39.9 Å². The minimum atomic E-state index is -0.223. The Morgan fingerprint density at radius 2 is 1.80 bits per heavy atom. The average Bonchev–Trinajstić information content (AvgIpc) is 3.07. The van der Waals surface area contributed by atoms with Crippen molar-refractivity contribution < 1.29 is 23.7 Å². The Labute approximate surface area is 146 Å². The van der Waals surface area contributed by atoms with Gasteiger partial charge in [-0.1, -0.05) is 18.2 Å². The Balaban J connectivity index is 1.68. The lowest BCUT2D eigenvalue weighted by molar-refractivity contribution is 0.0932. The van der Waals surface area contributed by atoms with Crippen molar-refractivity contribution in [3.05, 3.63) is 47.5 Å². The molecule has 1 N–H and O–H groups in total. The fraction of sp³-hybridized carbons (Fsp3) is 0.316. The third-order valence-electron chi connectivity index (χ3n) is 4.13. The van der Waals surface area contributed by atoms with Crippen LogP contribution in [0, 0.1) is 0 Å². The van der Waals surface area contributed by atoms with Gasteiger partial charge in [-0.25, -0.2) is 0 Å². The maximum atomic E-state index is 12.5. The highest BCUT2D eigenvalue weighted by Gasteiger charge is 2.23. The molecule has 1 aliphatic heterocycles. The van der Waals surface area contributed by atoms with E-state index in [0.29, 0.717) is 29.4 Å². The highest BCUT2D eigenvalue weighted by molar-refractivity contribution is 5.95. The molecule has 2 aromatic carbocycles. The van der Waals surface area contributed by atoms with Gasteiger partial charge in [0.1, 0.15) is 11.9 Å². The molecule has 0 fully saturated rings. The van der Waals surface area contributed by atoms with E-state index in [0.717, 1.165) is 17.7 Å². The van der Waals surface area contributed by atoms with Crippen molar-refractivity contribution in [1.82, 2.24) is 5.32 Å². The summed E-state index contributed by atoms with van der Waals surface area (Å²) in [6, 6.07) is 11.2. The van der Waals surface area contributed by atoms with Gasteiger partial charge in [0.2, 0.25) is 5.75 Å². The van der Waals surface area contributed by atoms with Gasteiger partial charge in [-0.15, -0.1) is 0 Å². The van der Waals surface area contributed by atoms with Crippen LogP contribution < -0.4 is 24.3 Å². The second kappa shape index (κ2) is 7.34. The maximum Gasteiger partial charge on any atom is 0.251 e. The van der Waals surface area contributed by atoms with Crippen LogP contribution in [0.4, 0.5) is 0 Å². The molecule has 0 aliphatic carbocycles. The first-order chi connectivity index (χ1) is 12.2. The molecule has 3 rings (SSSR count). The molecule has 6 heteroatoms. The first kappa shape index (κ1) is 17.0. The number of hydrogen-bond acceptors (Lipinski definition) is 5. The van der Waals surface area contributed by atoms with Gasteiger partial charge in [-0.3, -0.25) is 4.79 Å². The van der Waals surface area contributed by atoms with Crippen molar-refractivity contribution >= 4 is 5.91 Å². The van der Waals surface area contributed by atoms with Gasteiger partial charge >= 0.3 is 0 Å². The zero-order valence-electron chi connectivity index (χ0n) is 14.5. The minimum absolute atomic E-state index is 0.0663. The van der Waals surface area contributed by atoms with Crippen LogP contribution in [0.3, 0.4) is 0 Å². The first-order valence-electron chi connectivity index (χ1n) is 7.99. The fourth-order valence-electron chi connectivity index (χ4n) is 2.89. The summed E-state index contributed by atoms with van der Waals surface area (Å²) in [4.78, 5) is 12.5. The summed E-state index contributed by atoms with van der Waals surface area (Å²) in [5.74, 6) is 2.00. The Kier molecular flexibility index (Phi) is 4.97. The van der Waals surface area contributed by atoms with E-state index >= 15 is 0 Å². The minimum Gasteiger partial charge on any atom is -0.493 e. The molecule has 6 nitrogen and oxygen atoms in total. The largest absolute Gasteiger partial charge is 0.493 e. The van der Waals surface area contributed by atoms with Crippen LogP contribution in [0.2, 0.25) is 0 Å².